The number of hydrogen-bond donors (Lipinski definition) is 1. The Balaban J connectivity index is 1.91. The molecule has 0 bridgehead atoms. The van der Waals surface area contributed by atoms with Gasteiger partial charge in [-0.25, -0.2) is 0 Å². The van der Waals surface area contributed by atoms with Crippen molar-refractivity contribution in [1.82, 2.24) is 10.3 Å². The highest BCUT2D eigenvalue weighted by Crippen LogP contribution is 2.17. The molecule has 0 radical (unpaired) electrons. The maximum atomic E-state index is 11.9. The van der Waals surface area contributed by atoms with Gasteiger partial charge in [0.05, 0.1) is 13.5 Å². The summed E-state index contributed by atoms with van der Waals surface area (Å²) in [4.78, 5) is 15.8. The van der Waals surface area contributed by atoms with Gasteiger partial charge in [-0.1, -0.05) is 18.2 Å². The number of benzene rings is 1. The Labute approximate surface area is 112 Å². The molecule has 4 heteroatoms. The number of nitrogens with zero attached hydrogens (tertiary/aromatic N) is 1. The van der Waals surface area contributed by atoms with Gasteiger partial charge in [-0.2, -0.15) is 0 Å². The summed E-state index contributed by atoms with van der Waals surface area (Å²) >= 11 is 0. The van der Waals surface area contributed by atoms with Crippen LogP contribution in [0.15, 0.2) is 48.8 Å². The highest BCUT2D eigenvalue weighted by Gasteiger charge is 2.07. The predicted octanol–water partition coefficient (Wildman–Crippen LogP) is 1.95. The highest BCUT2D eigenvalue weighted by atomic mass is 16.5. The van der Waals surface area contributed by atoms with Gasteiger partial charge >= 0.3 is 0 Å². The number of ether oxygens (including phenoxy) is 1. The lowest BCUT2D eigenvalue weighted by atomic mass is 10.1. The summed E-state index contributed by atoms with van der Waals surface area (Å²) in [6.07, 6.45) is 3.73. The third-order valence-electron chi connectivity index (χ3n) is 2.78. The maximum Gasteiger partial charge on any atom is 0.224 e. The molecule has 0 aliphatic heterocycles. The van der Waals surface area contributed by atoms with E-state index in [0.29, 0.717) is 13.0 Å². The monoisotopic (exact) mass is 256 g/mol. The molecule has 0 saturated carbocycles. The number of hydrogen-bond acceptors (Lipinski definition) is 3. The second-order valence-corrected chi connectivity index (χ2v) is 4.12. The summed E-state index contributed by atoms with van der Waals surface area (Å²) in [6, 6.07) is 11.3. The molecule has 19 heavy (non-hydrogen) atoms. The molecule has 98 valence electrons. The third kappa shape index (κ3) is 3.81. The largest absolute Gasteiger partial charge is 0.496 e. The van der Waals surface area contributed by atoms with Gasteiger partial charge in [-0.3, -0.25) is 9.78 Å². The molecule has 1 amide bonds. The van der Waals surface area contributed by atoms with Crippen molar-refractivity contribution in [1.29, 1.82) is 0 Å². The molecule has 0 spiro atoms. The van der Waals surface area contributed by atoms with Crippen LogP contribution in [0.25, 0.3) is 0 Å². The van der Waals surface area contributed by atoms with E-state index in [1.54, 1.807) is 19.5 Å². The van der Waals surface area contributed by atoms with E-state index in [9.17, 15) is 4.79 Å². The molecule has 4 nitrogen and oxygen atoms in total. The van der Waals surface area contributed by atoms with Crippen molar-refractivity contribution in [2.45, 2.75) is 13.0 Å². The first-order valence-corrected chi connectivity index (χ1v) is 6.07. The lowest BCUT2D eigenvalue weighted by Crippen LogP contribution is -2.24. The SMILES string of the molecule is COc1ccccc1CC(=O)NCc1ccncc1. The lowest BCUT2D eigenvalue weighted by molar-refractivity contribution is -0.120. The molecule has 0 unspecified atom stereocenters. The summed E-state index contributed by atoms with van der Waals surface area (Å²) < 4.78 is 5.22. The summed E-state index contributed by atoms with van der Waals surface area (Å²) in [5.41, 5.74) is 1.92. The van der Waals surface area contributed by atoms with Gasteiger partial charge in [0, 0.05) is 24.5 Å². The number of nitrogens with one attached hydrogen (secondary N) is 1. The Morgan fingerprint density at radius 3 is 2.68 bits per heavy atom. The zero-order valence-electron chi connectivity index (χ0n) is 10.8. The number of amides is 1. The Morgan fingerprint density at radius 2 is 1.95 bits per heavy atom. The Bertz CT molecular complexity index is 541. The number of carbonyl (C=O) groups is 1. The van der Waals surface area contributed by atoms with E-state index in [2.05, 4.69) is 10.3 Å². The van der Waals surface area contributed by atoms with Crippen LogP contribution in [0.4, 0.5) is 0 Å². The number of carbonyl (C=O) groups excluding carboxylic acids is 1. The fraction of sp³-hybridized carbons (Fsp3) is 0.200. The van der Waals surface area contributed by atoms with E-state index in [0.717, 1.165) is 16.9 Å². The van der Waals surface area contributed by atoms with Gasteiger partial charge in [-0.05, 0) is 23.8 Å². The van der Waals surface area contributed by atoms with Crippen molar-refractivity contribution < 1.29 is 9.53 Å². The van der Waals surface area contributed by atoms with Crippen LogP contribution in [0.3, 0.4) is 0 Å². The van der Waals surface area contributed by atoms with Crippen LogP contribution >= 0.6 is 0 Å². The molecular weight excluding hydrogens is 240 g/mol. The van der Waals surface area contributed by atoms with E-state index in [1.165, 1.54) is 0 Å². The van der Waals surface area contributed by atoms with Crippen LogP contribution in [0.2, 0.25) is 0 Å². The molecule has 2 rings (SSSR count). The van der Waals surface area contributed by atoms with Crippen molar-refractivity contribution in [2.75, 3.05) is 7.11 Å². The van der Waals surface area contributed by atoms with Gasteiger partial charge < -0.3 is 10.1 Å². The molecule has 2 aromatic rings. The van der Waals surface area contributed by atoms with Gasteiger partial charge in [0.2, 0.25) is 5.91 Å². The lowest BCUT2D eigenvalue weighted by Gasteiger charge is -2.08. The molecule has 1 heterocycles. The highest BCUT2D eigenvalue weighted by molar-refractivity contribution is 5.79. The topological polar surface area (TPSA) is 51.2 Å². The van der Waals surface area contributed by atoms with Crippen LogP contribution < -0.4 is 10.1 Å². The van der Waals surface area contributed by atoms with E-state index in [4.69, 9.17) is 4.74 Å². The number of rotatable bonds is 5. The van der Waals surface area contributed by atoms with Gasteiger partial charge in [0.15, 0.2) is 0 Å². The van der Waals surface area contributed by atoms with E-state index >= 15 is 0 Å². The molecule has 0 saturated heterocycles. The smallest absolute Gasteiger partial charge is 0.224 e. The van der Waals surface area contributed by atoms with Crippen molar-refractivity contribution in [3.05, 3.63) is 59.9 Å². The first kappa shape index (κ1) is 13.1. The van der Waals surface area contributed by atoms with E-state index < -0.39 is 0 Å². The molecule has 0 aliphatic carbocycles. The van der Waals surface area contributed by atoms with E-state index in [-0.39, 0.29) is 5.91 Å². The molecule has 1 aromatic heterocycles. The average Bonchev–Trinajstić information content (AvgIpc) is 2.47. The number of pyridine rings is 1. The summed E-state index contributed by atoms with van der Waals surface area (Å²) in [7, 11) is 1.60. The molecule has 0 fully saturated rings. The van der Waals surface area contributed by atoms with Gasteiger partial charge in [0.25, 0.3) is 0 Å². The van der Waals surface area contributed by atoms with Crippen LogP contribution in [0, 0.1) is 0 Å². The second kappa shape index (κ2) is 6.54. The minimum atomic E-state index is -0.0266. The maximum absolute atomic E-state index is 11.9. The Hall–Kier alpha value is -2.36. The molecule has 0 aliphatic rings. The third-order valence-corrected chi connectivity index (χ3v) is 2.78. The Kier molecular flexibility index (Phi) is 4.50. The summed E-state index contributed by atoms with van der Waals surface area (Å²) in [6.45, 7) is 0.510. The molecule has 0 atom stereocenters. The second-order valence-electron chi connectivity index (χ2n) is 4.12. The van der Waals surface area contributed by atoms with Crippen molar-refractivity contribution in [3.63, 3.8) is 0 Å². The van der Waals surface area contributed by atoms with Crippen LogP contribution in [-0.2, 0) is 17.8 Å². The number of para-hydroxylation sites is 1. The predicted molar refractivity (Wildman–Crippen MR) is 72.8 cm³/mol. The van der Waals surface area contributed by atoms with E-state index in [1.807, 2.05) is 36.4 Å². The molecule has 1 aromatic carbocycles. The zero-order chi connectivity index (χ0) is 13.5. The van der Waals surface area contributed by atoms with Crippen LogP contribution in [-0.4, -0.2) is 18.0 Å². The number of aromatic nitrogens is 1. The van der Waals surface area contributed by atoms with Gasteiger partial charge in [-0.15, -0.1) is 0 Å². The zero-order valence-corrected chi connectivity index (χ0v) is 10.8. The first-order valence-electron chi connectivity index (χ1n) is 6.07. The van der Waals surface area contributed by atoms with Crippen molar-refractivity contribution in [3.8, 4) is 5.75 Å². The first-order chi connectivity index (χ1) is 9.29. The fourth-order valence-corrected chi connectivity index (χ4v) is 1.79. The van der Waals surface area contributed by atoms with Gasteiger partial charge in [0.1, 0.15) is 5.75 Å². The normalized spacial score (nSPS) is 9.95. The minimum Gasteiger partial charge on any atom is -0.496 e. The average molecular weight is 256 g/mol. The minimum absolute atomic E-state index is 0.0266. The summed E-state index contributed by atoms with van der Waals surface area (Å²) in [5, 5.41) is 2.88. The number of methoxy groups -OCH3 is 1. The van der Waals surface area contributed by atoms with Crippen LogP contribution in [0.5, 0.6) is 5.75 Å². The van der Waals surface area contributed by atoms with Crippen molar-refractivity contribution >= 4 is 5.91 Å². The quantitative estimate of drug-likeness (QED) is 0.889. The molecule has 1 N–H and O–H groups in total. The van der Waals surface area contributed by atoms with Crippen LogP contribution in [0.1, 0.15) is 11.1 Å². The molecular formula is C15H16N2O2. The van der Waals surface area contributed by atoms with Crippen molar-refractivity contribution in [2.24, 2.45) is 0 Å². The Morgan fingerprint density at radius 1 is 1.21 bits per heavy atom. The standard InChI is InChI=1S/C15H16N2O2/c1-19-14-5-3-2-4-13(14)10-15(18)17-11-12-6-8-16-9-7-12/h2-9H,10-11H2,1H3,(H,17,18). The fourth-order valence-electron chi connectivity index (χ4n) is 1.79. The summed E-state index contributed by atoms with van der Waals surface area (Å²) in [5.74, 6) is 0.711.